The molecule has 0 spiro atoms. The highest BCUT2D eigenvalue weighted by molar-refractivity contribution is 5.77. The summed E-state index contributed by atoms with van der Waals surface area (Å²) in [5, 5.41) is 18.5. The van der Waals surface area contributed by atoms with E-state index in [1.165, 1.54) is 6.92 Å². The van der Waals surface area contributed by atoms with Crippen LogP contribution in [0.15, 0.2) is 0 Å². The van der Waals surface area contributed by atoms with E-state index < -0.39 is 11.4 Å². The molecule has 0 rings (SSSR count). The quantitative estimate of drug-likeness (QED) is 0.418. The Morgan fingerprint density at radius 1 is 1.00 bits per heavy atom. The fraction of sp³-hybridized carbons (Fsp3) is 0.867. The molecule has 0 fully saturated rings. The molecule has 124 valence electrons. The molecule has 0 bridgehead atoms. The number of carbonyl (C=O) groups excluding carboxylic acids is 2. The summed E-state index contributed by atoms with van der Waals surface area (Å²) in [4.78, 5) is 22.8. The molecule has 1 atom stereocenters. The van der Waals surface area contributed by atoms with E-state index in [0.29, 0.717) is 45.1 Å². The second-order valence-electron chi connectivity index (χ2n) is 5.14. The summed E-state index contributed by atoms with van der Waals surface area (Å²) in [7, 11) is 0. The van der Waals surface area contributed by atoms with E-state index in [1.807, 2.05) is 0 Å². The second-order valence-corrected chi connectivity index (χ2v) is 5.14. The van der Waals surface area contributed by atoms with Crippen LogP contribution in [0.4, 0.5) is 0 Å². The van der Waals surface area contributed by atoms with Crippen molar-refractivity contribution in [2.45, 2.75) is 52.4 Å². The standard InChI is InChI=1S/C15H28O6/c1-3-20-14(19)15(12-17,8-4-6-10-16)9-5-7-11-21-13(2)18/h16-17H,3-12H2,1-2H3. The summed E-state index contributed by atoms with van der Waals surface area (Å²) in [5.41, 5.74) is -0.915. The van der Waals surface area contributed by atoms with Crippen molar-refractivity contribution in [1.82, 2.24) is 0 Å². The van der Waals surface area contributed by atoms with Crippen LogP contribution in [0.5, 0.6) is 0 Å². The summed E-state index contributed by atoms with van der Waals surface area (Å²) in [5.74, 6) is -0.713. The molecule has 21 heavy (non-hydrogen) atoms. The molecule has 2 N–H and O–H groups in total. The van der Waals surface area contributed by atoms with Crippen LogP contribution >= 0.6 is 0 Å². The van der Waals surface area contributed by atoms with Crippen LogP contribution in [0.25, 0.3) is 0 Å². The summed E-state index contributed by atoms with van der Waals surface area (Å²) < 4.78 is 9.92. The lowest BCUT2D eigenvalue weighted by Crippen LogP contribution is -2.37. The zero-order chi connectivity index (χ0) is 16.1. The maximum atomic E-state index is 12.1. The highest BCUT2D eigenvalue weighted by Crippen LogP contribution is 2.32. The third-order valence-electron chi connectivity index (χ3n) is 3.43. The Kier molecular flexibility index (Phi) is 10.9. The number of ether oxygens (including phenoxy) is 2. The zero-order valence-corrected chi connectivity index (χ0v) is 13.1. The van der Waals surface area contributed by atoms with E-state index in [0.717, 1.165) is 0 Å². The van der Waals surface area contributed by atoms with Gasteiger partial charge in [-0.15, -0.1) is 0 Å². The van der Waals surface area contributed by atoms with Gasteiger partial charge in [0.05, 0.1) is 25.2 Å². The minimum absolute atomic E-state index is 0.0663. The van der Waals surface area contributed by atoms with Crippen LogP contribution in [0.1, 0.15) is 52.4 Å². The third-order valence-corrected chi connectivity index (χ3v) is 3.43. The van der Waals surface area contributed by atoms with Gasteiger partial charge in [0.25, 0.3) is 0 Å². The van der Waals surface area contributed by atoms with E-state index >= 15 is 0 Å². The number of hydrogen-bond acceptors (Lipinski definition) is 6. The van der Waals surface area contributed by atoms with Crippen molar-refractivity contribution in [3.63, 3.8) is 0 Å². The fourth-order valence-corrected chi connectivity index (χ4v) is 2.19. The van der Waals surface area contributed by atoms with Crippen LogP contribution in [0, 0.1) is 5.41 Å². The van der Waals surface area contributed by atoms with Gasteiger partial charge >= 0.3 is 11.9 Å². The van der Waals surface area contributed by atoms with Crippen LogP contribution in [0.3, 0.4) is 0 Å². The number of hydrogen-bond donors (Lipinski definition) is 2. The Balaban J connectivity index is 4.46. The Bertz CT molecular complexity index is 305. The normalized spacial score (nSPS) is 13.5. The maximum absolute atomic E-state index is 12.1. The molecule has 0 radical (unpaired) electrons. The average molecular weight is 304 g/mol. The van der Waals surface area contributed by atoms with Gasteiger partial charge in [-0.05, 0) is 45.4 Å². The smallest absolute Gasteiger partial charge is 0.314 e. The molecule has 0 aromatic rings. The monoisotopic (exact) mass is 304 g/mol. The SMILES string of the molecule is CCOC(=O)C(CO)(CCCCO)CCCCOC(C)=O. The molecule has 0 saturated heterocycles. The van der Waals surface area contributed by atoms with Crippen molar-refractivity contribution in [3.05, 3.63) is 0 Å². The minimum Gasteiger partial charge on any atom is -0.466 e. The summed E-state index contributed by atoms with van der Waals surface area (Å²) in [6.45, 7) is 3.46. The Morgan fingerprint density at radius 2 is 1.62 bits per heavy atom. The molecular weight excluding hydrogens is 276 g/mol. The number of aliphatic hydroxyl groups excluding tert-OH is 2. The van der Waals surface area contributed by atoms with Gasteiger partial charge in [-0.2, -0.15) is 0 Å². The van der Waals surface area contributed by atoms with Gasteiger partial charge in [-0.25, -0.2) is 0 Å². The largest absolute Gasteiger partial charge is 0.466 e. The first-order valence-corrected chi connectivity index (χ1v) is 7.54. The van der Waals surface area contributed by atoms with E-state index in [-0.39, 0.29) is 25.8 Å². The summed E-state index contributed by atoms with van der Waals surface area (Å²) in [6, 6.07) is 0. The first-order chi connectivity index (χ1) is 10.0. The molecule has 0 aromatic carbocycles. The second kappa shape index (κ2) is 11.5. The molecule has 0 saturated carbocycles. The van der Waals surface area contributed by atoms with Crippen molar-refractivity contribution < 1.29 is 29.3 Å². The molecule has 1 unspecified atom stereocenters. The van der Waals surface area contributed by atoms with Crippen molar-refractivity contribution in [2.75, 3.05) is 26.4 Å². The van der Waals surface area contributed by atoms with E-state index in [9.17, 15) is 14.7 Å². The predicted octanol–water partition coefficient (Wildman–Crippen LogP) is 1.42. The molecule has 0 heterocycles. The Hall–Kier alpha value is -1.14. The molecule has 6 nitrogen and oxygen atoms in total. The summed E-state index contributed by atoms with van der Waals surface area (Å²) in [6.07, 6.45) is 3.51. The van der Waals surface area contributed by atoms with Crippen molar-refractivity contribution in [1.29, 1.82) is 0 Å². The van der Waals surface area contributed by atoms with Crippen LogP contribution < -0.4 is 0 Å². The van der Waals surface area contributed by atoms with Crippen LogP contribution in [0.2, 0.25) is 0 Å². The number of carbonyl (C=O) groups is 2. The van der Waals surface area contributed by atoms with Gasteiger partial charge in [0.2, 0.25) is 0 Å². The maximum Gasteiger partial charge on any atom is 0.314 e. The van der Waals surface area contributed by atoms with E-state index in [4.69, 9.17) is 14.6 Å². The van der Waals surface area contributed by atoms with Gasteiger partial charge in [0.15, 0.2) is 0 Å². The van der Waals surface area contributed by atoms with Crippen LogP contribution in [-0.2, 0) is 19.1 Å². The molecule has 0 aliphatic rings. The molecule has 0 aliphatic carbocycles. The van der Waals surface area contributed by atoms with Crippen LogP contribution in [-0.4, -0.2) is 48.6 Å². The lowest BCUT2D eigenvalue weighted by Gasteiger charge is -2.29. The Labute approximate surface area is 126 Å². The van der Waals surface area contributed by atoms with Crippen molar-refractivity contribution >= 4 is 11.9 Å². The van der Waals surface area contributed by atoms with E-state index in [1.54, 1.807) is 6.92 Å². The fourth-order valence-electron chi connectivity index (χ4n) is 2.19. The highest BCUT2D eigenvalue weighted by Gasteiger charge is 2.38. The molecule has 6 heteroatoms. The minimum atomic E-state index is -0.915. The average Bonchev–Trinajstić information content (AvgIpc) is 2.45. The third kappa shape index (κ3) is 8.02. The van der Waals surface area contributed by atoms with E-state index in [2.05, 4.69) is 0 Å². The first kappa shape index (κ1) is 19.9. The topological polar surface area (TPSA) is 93.1 Å². The molecule has 0 aromatic heterocycles. The lowest BCUT2D eigenvalue weighted by molar-refractivity contribution is -0.159. The first-order valence-electron chi connectivity index (χ1n) is 7.54. The van der Waals surface area contributed by atoms with Gasteiger partial charge in [-0.3, -0.25) is 9.59 Å². The zero-order valence-electron chi connectivity index (χ0n) is 13.1. The van der Waals surface area contributed by atoms with Crippen molar-refractivity contribution in [2.24, 2.45) is 5.41 Å². The number of unbranched alkanes of at least 4 members (excludes halogenated alkanes) is 2. The van der Waals surface area contributed by atoms with Gasteiger partial charge in [-0.1, -0.05) is 0 Å². The predicted molar refractivity (Wildman–Crippen MR) is 77.6 cm³/mol. The van der Waals surface area contributed by atoms with Gasteiger partial charge in [0.1, 0.15) is 0 Å². The highest BCUT2D eigenvalue weighted by atomic mass is 16.5. The molecule has 0 amide bonds. The molecule has 0 aliphatic heterocycles. The number of esters is 2. The number of rotatable bonds is 12. The van der Waals surface area contributed by atoms with Crippen molar-refractivity contribution in [3.8, 4) is 0 Å². The van der Waals surface area contributed by atoms with Gasteiger partial charge in [0, 0.05) is 13.5 Å². The van der Waals surface area contributed by atoms with Gasteiger partial charge < -0.3 is 19.7 Å². The Morgan fingerprint density at radius 3 is 2.10 bits per heavy atom. The lowest BCUT2D eigenvalue weighted by atomic mass is 9.79. The number of aliphatic hydroxyl groups is 2. The summed E-state index contributed by atoms with van der Waals surface area (Å²) >= 11 is 0. The molecular formula is C15H28O6.